The lowest BCUT2D eigenvalue weighted by atomic mass is 9.49. The lowest BCUT2D eigenvalue weighted by Crippen LogP contribution is -2.57. The number of amides is 1. The molecule has 6 heteroatoms. The zero-order chi connectivity index (χ0) is 16.2. The zero-order valence-electron chi connectivity index (χ0n) is 12.8. The number of rotatable bonds is 3. The van der Waals surface area contributed by atoms with Crippen molar-refractivity contribution in [1.29, 1.82) is 0 Å². The molecule has 4 aliphatic rings. The molecule has 5 rings (SSSR count). The first-order chi connectivity index (χ1) is 10.9. The largest absolute Gasteiger partial charge is 0.325 e. The Labute approximate surface area is 143 Å². The Morgan fingerprint density at radius 3 is 2.57 bits per heavy atom. The second-order valence-corrected chi connectivity index (χ2v) is 9.34. The molecule has 122 valence electrons. The summed E-state index contributed by atoms with van der Waals surface area (Å²) >= 11 is 3.91. The summed E-state index contributed by atoms with van der Waals surface area (Å²) in [4.78, 5) is 23.4. The standard InChI is InChI=1S/C17H19BrN2O3/c18-17-8-11-4-12(9-17)7-16(6-11,10-17)15(21)19-13-2-1-3-14(5-13)20(22)23/h1-3,5,11-12H,4,6-10H2,(H,19,21)/t11-,12+,16?,17?. The van der Waals surface area contributed by atoms with Gasteiger partial charge in [0.05, 0.1) is 10.3 Å². The molecule has 4 bridgehead atoms. The lowest BCUT2D eigenvalue weighted by Gasteiger charge is -2.59. The average Bonchev–Trinajstić information content (AvgIpc) is 2.44. The molecule has 0 radical (unpaired) electrons. The van der Waals surface area contributed by atoms with E-state index >= 15 is 0 Å². The van der Waals surface area contributed by atoms with Gasteiger partial charge in [-0.2, -0.15) is 0 Å². The molecule has 1 amide bonds. The Morgan fingerprint density at radius 2 is 1.96 bits per heavy atom. The van der Waals surface area contributed by atoms with Gasteiger partial charge in [-0.1, -0.05) is 22.0 Å². The maximum absolute atomic E-state index is 13.0. The van der Waals surface area contributed by atoms with Crippen LogP contribution in [0.3, 0.4) is 0 Å². The van der Waals surface area contributed by atoms with Crippen molar-refractivity contribution < 1.29 is 9.72 Å². The molecule has 4 fully saturated rings. The number of carbonyl (C=O) groups is 1. The minimum absolute atomic E-state index is 0.00488. The molecule has 2 unspecified atom stereocenters. The minimum Gasteiger partial charge on any atom is -0.325 e. The van der Waals surface area contributed by atoms with E-state index in [2.05, 4.69) is 21.2 Å². The van der Waals surface area contributed by atoms with Crippen LogP contribution in [0.15, 0.2) is 24.3 Å². The third-order valence-electron chi connectivity index (χ3n) is 5.79. The van der Waals surface area contributed by atoms with Crippen LogP contribution in [0.25, 0.3) is 0 Å². The van der Waals surface area contributed by atoms with Crippen LogP contribution in [0.1, 0.15) is 38.5 Å². The van der Waals surface area contributed by atoms with Crippen LogP contribution in [0.5, 0.6) is 0 Å². The fourth-order valence-corrected chi connectivity index (χ4v) is 6.83. The van der Waals surface area contributed by atoms with Crippen LogP contribution in [-0.2, 0) is 4.79 Å². The normalized spacial score (nSPS) is 37.6. The molecule has 0 spiro atoms. The van der Waals surface area contributed by atoms with Crippen LogP contribution >= 0.6 is 15.9 Å². The van der Waals surface area contributed by atoms with Gasteiger partial charge < -0.3 is 5.32 Å². The maximum Gasteiger partial charge on any atom is 0.271 e. The predicted molar refractivity (Wildman–Crippen MR) is 90.5 cm³/mol. The summed E-state index contributed by atoms with van der Waals surface area (Å²) in [6, 6.07) is 6.20. The monoisotopic (exact) mass is 378 g/mol. The number of halogens is 1. The molecule has 4 saturated carbocycles. The summed E-state index contributed by atoms with van der Waals surface area (Å²) in [6.45, 7) is 0. The molecule has 4 atom stereocenters. The van der Waals surface area contributed by atoms with E-state index in [-0.39, 0.29) is 21.3 Å². The van der Waals surface area contributed by atoms with Crippen LogP contribution < -0.4 is 5.32 Å². The highest BCUT2D eigenvalue weighted by Crippen LogP contribution is 2.64. The highest BCUT2D eigenvalue weighted by atomic mass is 79.9. The predicted octanol–water partition coefficient (Wildman–Crippen LogP) is 4.27. The maximum atomic E-state index is 13.0. The molecule has 0 heterocycles. The number of carbonyl (C=O) groups excluding carboxylic acids is 1. The summed E-state index contributed by atoms with van der Waals surface area (Å²) in [5, 5.41) is 13.8. The van der Waals surface area contributed by atoms with Gasteiger partial charge >= 0.3 is 0 Å². The zero-order valence-corrected chi connectivity index (χ0v) is 14.3. The highest BCUT2D eigenvalue weighted by molar-refractivity contribution is 9.10. The Hall–Kier alpha value is -1.43. The van der Waals surface area contributed by atoms with Gasteiger partial charge in [0.1, 0.15) is 0 Å². The number of nitro groups is 1. The molecule has 4 aliphatic carbocycles. The summed E-state index contributed by atoms with van der Waals surface area (Å²) in [7, 11) is 0. The first-order valence-corrected chi connectivity index (χ1v) is 8.92. The van der Waals surface area contributed by atoms with Crippen molar-refractivity contribution in [2.75, 3.05) is 5.32 Å². The lowest BCUT2D eigenvalue weighted by molar-refractivity contribution is -0.384. The first-order valence-electron chi connectivity index (χ1n) is 8.12. The average molecular weight is 379 g/mol. The van der Waals surface area contributed by atoms with E-state index in [1.165, 1.54) is 31.4 Å². The smallest absolute Gasteiger partial charge is 0.271 e. The number of non-ortho nitro benzene ring substituents is 1. The topological polar surface area (TPSA) is 72.2 Å². The van der Waals surface area contributed by atoms with Crippen molar-refractivity contribution >= 4 is 33.2 Å². The molecular formula is C17H19BrN2O3. The van der Waals surface area contributed by atoms with E-state index in [4.69, 9.17) is 0 Å². The minimum atomic E-state index is -0.437. The third-order valence-corrected chi connectivity index (χ3v) is 6.71. The number of benzene rings is 1. The van der Waals surface area contributed by atoms with Crippen molar-refractivity contribution in [2.24, 2.45) is 17.3 Å². The van der Waals surface area contributed by atoms with E-state index in [1.807, 2.05) is 0 Å². The van der Waals surface area contributed by atoms with Gasteiger partial charge in [-0.15, -0.1) is 0 Å². The fourth-order valence-electron chi connectivity index (χ4n) is 5.38. The molecule has 0 aromatic heterocycles. The number of alkyl halides is 1. The van der Waals surface area contributed by atoms with Crippen molar-refractivity contribution in [2.45, 2.75) is 42.8 Å². The molecule has 0 aliphatic heterocycles. The van der Waals surface area contributed by atoms with E-state index in [9.17, 15) is 14.9 Å². The van der Waals surface area contributed by atoms with Crippen LogP contribution in [0, 0.1) is 27.4 Å². The molecule has 5 nitrogen and oxygen atoms in total. The van der Waals surface area contributed by atoms with Crippen LogP contribution in [0.4, 0.5) is 11.4 Å². The van der Waals surface area contributed by atoms with E-state index in [1.54, 1.807) is 12.1 Å². The van der Waals surface area contributed by atoms with Gasteiger partial charge in [-0.25, -0.2) is 0 Å². The van der Waals surface area contributed by atoms with E-state index in [0.29, 0.717) is 17.5 Å². The number of nitrogens with one attached hydrogen (secondary N) is 1. The van der Waals surface area contributed by atoms with E-state index < -0.39 is 4.92 Å². The molecule has 1 aromatic carbocycles. The van der Waals surface area contributed by atoms with Gasteiger partial charge in [0.25, 0.3) is 5.69 Å². The molecular weight excluding hydrogens is 360 g/mol. The van der Waals surface area contributed by atoms with Crippen molar-refractivity contribution in [3.63, 3.8) is 0 Å². The van der Waals surface area contributed by atoms with Crippen molar-refractivity contribution in [3.05, 3.63) is 34.4 Å². The molecule has 23 heavy (non-hydrogen) atoms. The number of hydrogen-bond acceptors (Lipinski definition) is 3. The fraction of sp³-hybridized carbons (Fsp3) is 0.588. The van der Waals surface area contributed by atoms with Crippen LogP contribution in [-0.4, -0.2) is 15.2 Å². The quantitative estimate of drug-likeness (QED) is 0.484. The van der Waals surface area contributed by atoms with Crippen molar-refractivity contribution in [1.82, 2.24) is 0 Å². The Bertz CT molecular complexity index is 676. The Balaban J connectivity index is 1.58. The Morgan fingerprint density at radius 1 is 1.26 bits per heavy atom. The van der Waals surface area contributed by atoms with Gasteiger partial charge in [-0.05, 0) is 56.4 Å². The molecule has 1 aromatic rings. The second kappa shape index (κ2) is 5.03. The van der Waals surface area contributed by atoms with Gasteiger partial charge in [0.15, 0.2) is 0 Å². The third kappa shape index (κ3) is 2.57. The number of nitrogens with zero attached hydrogens (tertiary/aromatic N) is 1. The Kier molecular flexibility index (Phi) is 3.31. The molecule has 0 saturated heterocycles. The van der Waals surface area contributed by atoms with Crippen LogP contribution in [0.2, 0.25) is 0 Å². The van der Waals surface area contributed by atoms with Gasteiger partial charge in [-0.3, -0.25) is 14.9 Å². The summed E-state index contributed by atoms with van der Waals surface area (Å²) < 4.78 is 0.122. The summed E-state index contributed by atoms with van der Waals surface area (Å²) in [5.41, 5.74) is 0.215. The van der Waals surface area contributed by atoms with Gasteiger partial charge in [0.2, 0.25) is 5.91 Å². The SMILES string of the molecule is O=C(Nc1cccc([N+](=O)[O-])c1)C12C[C@@H]3C[C@@H](CC(Br)(C3)C1)C2. The number of hydrogen-bond donors (Lipinski definition) is 1. The van der Waals surface area contributed by atoms with Crippen molar-refractivity contribution in [3.8, 4) is 0 Å². The first kappa shape index (κ1) is 15.1. The van der Waals surface area contributed by atoms with E-state index in [0.717, 1.165) is 19.3 Å². The molecule has 1 N–H and O–H groups in total. The van der Waals surface area contributed by atoms with Gasteiger partial charge in [0, 0.05) is 22.1 Å². The highest BCUT2D eigenvalue weighted by Gasteiger charge is 2.59. The second-order valence-electron chi connectivity index (χ2n) is 7.65. The number of anilines is 1. The number of nitro benzene ring substituents is 1. The summed E-state index contributed by atoms with van der Waals surface area (Å²) in [6.07, 6.45) is 6.40. The summed E-state index contributed by atoms with van der Waals surface area (Å²) in [5.74, 6) is 1.30.